The Balaban J connectivity index is 1.75. The number of hydrogen-bond acceptors (Lipinski definition) is 2. The SMILES string of the molecule is Clc1ccc2oc(C(Cc3ccccc3)(Cc3ccccc3)c3ccccc3)nc2c1. The molecule has 0 spiro atoms. The lowest BCUT2D eigenvalue weighted by molar-refractivity contribution is 0.377. The van der Waals surface area contributed by atoms with Gasteiger partial charge in [0.1, 0.15) is 5.52 Å². The van der Waals surface area contributed by atoms with E-state index >= 15 is 0 Å². The topological polar surface area (TPSA) is 26.0 Å². The number of fused-ring (bicyclic) bond motifs is 1. The third-order valence-electron chi connectivity index (χ3n) is 5.78. The van der Waals surface area contributed by atoms with Crippen molar-refractivity contribution in [3.05, 3.63) is 137 Å². The van der Waals surface area contributed by atoms with Crippen LogP contribution in [-0.2, 0) is 18.3 Å². The van der Waals surface area contributed by atoms with Crippen molar-refractivity contribution >= 4 is 22.7 Å². The molecule has 5 rings (SSSR count). The second-order valence-corrected chi connectivity index (χ2v) is 8.34. The van der Waals surface area contributed by atoms with Crippen molar-refractivity contribution in [2.75, 3.05) is 0 Å². The fourth-order valence-electron chi connectivity index (χ4n) is 4.29. The van der Waals surface area contributed by atoms with Crippen molar-refractivity contribution in [3.8, 4) is 0 Å². The van der Waals surface area contributed by atoms with E-state index in [0.29, 0.717) is 10.9 Å². The van der Waals surface area contributed by atoms with Crippen molar-refractivity contribution in [1.82, 2.24) is 4.98 Å². The highest BCUT2D eigenvalue weighted by atomic mass is 35.5. The van der Waals surface area contributed by atoms with Crippen LogP contribution in [0.5, 0.6) is 0 Å². The molecule has 1 heterocycles. The first kappa shape index (κ1) is 19.6. The average molecular weight is 424 g/mol. The van der Waals surface area contributed by atoms with Crippen LogP contribution >= 0.6 is 11.6 Å². The highest BCUT2D eigenvalue weighted by Crippen LogP contribution is 2.40. The van der Waals surface area contributed by atoms with Gasteiger partial charge in [-0.05, 0) is 47.7 Å². The van der Waals surface area contributed by atoms with Gasteiger partial charge in [-0.2, -0.15) is 0 Å². The zero-order chi connectivity index (χ0) is 21.1. The maximum atomic E-state index is 6.42. The summed E-state index contributed by atoms with van der Waals surface area (Å²) in [6, 6.07) is 37.3. The van der Waals surface area contributed by atoms with Crippen LogP contribution in [0, 0.1) is 0 Å². The van der Waals surface area contributed by atoms with Gasteiger partial charge in [0.2, 0.25) is 5.89 Å². The Morgan fingerprint density at radius 2 is 1.23 bits per heavy atom. The molecular formula is C28H22ClNO. The Hall–Kier alpha value is -3.36. The molecule has 0 radical (unpaired) electrons. The van der Waals surface area contributed by atoms with E-state index < -0.39 is 5.41 Å². The molecule has 0 amide bonds. The van der Waals surface area contributed by atoms with Crippen LogP contribution in [0.1, 0.15) is 22.6 Å². The van der Waals surface area contributed by atoms with Crippen LogP contribution in [0.15, 0.2) is 114 Å². The van der Waals surface area contributed by atoms with Crippen LogP contribution in [0.4, 0.5) is 0 Å². The smallest absolute Gasteiger partial charge is 0.206 e. The van der Waals surface area contributed by atoms with Crippen LogP contribution in [0.2, 0.25) is 5.02 Å². The van der Waals surface area contributed by atoms with Crippen molar-refractivity contribution in [2.45, 2.75) is 18.3 Å². The summed E-state index contributed by atoms with van der Waals surface area (Å²) in [6.07, 6.45) is 1.54. The van der Waals surface area contributed by atoms with Gasteiger partial charge in [0.05, 0.1) is 5.41 Å². The lowest BCUT2D eigenvalue weighted by Gasteiger charge is -2.32. The second-order valence-electron chi connectivity index (χ2n) is 7.90. The molecule has 0 saturated carbocycles. The molecule has 2 nitrogen and oxygen atoms in total. The quantitative estimate of drug-likeness (QED) is 0.287. The van der Waals surface area contributed by atoms with Crippen molar-refractivity contribution in [1.29, 1.82) is 0 Å². The normalized spacial score (nSPS) is 11.6. The molecule has 0 saturated heterocycles. The number of oxazole rings is 1. The Bertz CT molecular complexity index is 1240. The number of hydrogen-bond donors (Lipinski definition) is 0. The van der Waals surface area contributed by atoms with Crippen LogP contribution in [0.25, 0.3) is 11.1 Å². The van der Waals surface area contributed by atoms with Gasteiger partial charge in [-0.3, -0.25) is 0 Å². The van der Waals surface area contributed by atoms with Gasteiger partial charge in [0.15, 0.2) is 5.58 Å². The predicted molar refractivity (Wildman–Crippen MR) is 127 cm³/mol. The van der Waals surface area contributed by atoms with Crippen molar-refractivity contribution < 1.29 is 4.42 Å². The summed E-state index contributed by atoms with van der Waals surface area (Å²) < 4.78 is 6.42. The zero-order valence-corrected chi connectivity index (χ0v) is 17.8. The number of halogens is 1. The molecule has 0 atom stereocenters. The van der Waals surface area contributed by atoms with Crippen LogP contribution < -0.4 is 0 Å². The first-order valence-electron chi connectivity index (χ1n) is 10.4. The molecular weight excluding hydrogens is 402 g/mol. The van der Waals surface area contributed by atoms with Crippen LogP contribution in [-0.4, -0.2) is 4.98 Å². The molecule has 4 aromatic carbocycles. The van der Waals surface area contributed by atoms with Crippen molar-refractivity contribution in [2.24, 2.45) is 0 Å². The standard InChI is InChI=1S/C28H22ClNO/c29-24-16-17-26-25(18-24)30-27(31-26)28(23-14-8-3-9-15-23,19-21-10-4-1-5-11-21)20-22-12-6-2-7-13-22/h1-18H,19-20H2. The lowest BCUT2D eigenvalue weighted by Crippen LogP contribution is -2.33. The van der Waals surface area contributed by atoms with E-state index in [2.05, 4.69) is 72.8 Å². The minimum Gasteiger partial charge on any atom is -0.440 e. The number of benzene rings is 4. The highest BCUT2D eigenvalue weighted by Gasteiger charge is 2.39. The van der Waals surface area contributed by atoms with Gasteiger partial charge >= 0.3 is 0 Å². The molecule has 0 unspecified atom stereocenters. The maximum Gasteiger partial charge on any atom is 0.206 e. The molecule has 152 valence electrons. The van der Waals surface area contributed by atoms with E-state index in [4.69, 9.17) is 21.0 Å². The van der Waals surface area contributed by atoms with Gasteiger partial charge in [-0.25, -0.2) is 4.98 Å². The van der Waals surface area contributed by atoms with Crippen LogP contribution in [0.3, 0.4) is 0 Å². The van der Waals surface area contributed by atoms with Gasteiger partial charge in [0.25, 0.3) is 0 Å². The number of rotatable bonds is 6. The van der Waals surface area contributed by atoms with E-state index in [9.17, 15) is 0 Å². The zero-order valence-electron chi connectivity index (χ0n) is 17.0. The minimum absolute atomic E-state index is 0.463. The van der Waals surface area contributed by atoms with Crippen molar-refractivity contribution in [3.63, 3.8) is 0 Å². The average Bonchev–Trinajstić information content (AvgIpc) is 3.24. The highest BCUT2D eigenvalue weighted by molar-refractivity contribution is 6.31. The summed E-state index contributed by atoms with van der Waals surface area (Å²) in [5.74, 6) is 0.712. The number of aromatic nitrogens is 1. The second kappa shape index (κ2) is 8.41. The third-order valence-corrected chi connectivity index (χ3v) is 6.02. The van der Waals surface area contributed by atoms with E-state index in [1.165, 1.54) is 16.7 Å². The fourth-order valence-corrected chi connectivity index (χ4v) is 4.46. The molecule has 31 heavy (non-hydrogen) atoms. The minimum atomic E-state index is -0.463. The Labute approximate surface area is 187 Å². The Kier molecular flexibility index (Phi) is 5.31. The lowest BCUT2D eigenvalue weighted by atomic mass is 9.71. The molecule has 0 aliphatic carbocycles. The van der Waals surface area contributed by atoms with E-state index in [0.717, 1.165) is 23.9 Å². The molecule has 0 aliphatic rings. The summed E-state index contributed by atoms with van der Waals surface area (Å²) in [7, 11) is 0. The largest absolute Gasteiger partial charge is 0.440 e. The summed E-state index contributed by atoms with van der Waals surface area (Å²) in [6.45, 7) is 0. The monoisotopic (exact) mass is 423 g/mol. The molecule has 0 aliphatic heterocycles. The molecule has 3 heteroatoms. The Morgan fingerprint density at radius 3 is 1.81 bits per heavy atom. The summed E-state index contributed by atoms with van der Waals surface area (Å²) in [4.78, 5) is 4.96. The van der Waals surface area contributed by atoms with E-state index in [1.807, 2.05) is 36.4 Å². The van der Waals surface area contributed by atoms with Gasteiger partial charge < -0.3 is 4.42 Å². The molecule has 1 aromatic heterocycles. The summed E-state index contributed by atoms with van der Waals surface area (Å²) >= 11 is 6.24. The third kappa shape index (κ3) is 3.99. The van der Waals surface area contributed by atoms with Gasteiger partial charge in [-0.15, -0.1) is 0 Å². The first-order chi connectivity index (χ1) is 15.2. The van der Waals surface area contributed by atoms with Gasteiger partial charge in [0, 0.05) is 5.02 Å². The first-order valence-corrected chi connectivity index (χ1v) is 10.8. The molecule has 0 N–H and O–H groups in total. The molecule has 0 fully saturated rings. The summed E-state index contributed by atoms with van der Waals surface area (Å²) in [5, 5.41) is 0.656. The van der Waals surface area contributed by atoms with E-state index in [-0.39, 0.29) is 0 Å². The number of nitrogens with zero attached hydrogens (tertiary/aromatic N) is 1. The molecule has 5 aromatic rings. The maximum absolute atomic E-state index is 6.42. The van der Waals surface area contributed by atoms with E-state index in [1.54, 1.807) is 0 Å². The fraction of sp³-hybridized carbons (Fsp3) is 0.107. The van der Waals surface area contributed by atoms with Gasteiger partial charge in [-0.1, -0.05) is 103 Å². The summed E-state index contributed by atoms with van der Waals surface area (Å²) in [5.41, 5.74) is 4.73. The molecule has 0 bridgehead atoms. The Morgan fingerprint density at radius 1 is 0.677 bits per heavy atom. The predicted octanol–water partition coefficient (Wildman–Crippen LogP) is 7.25.